The predicted octanol–water partition coefficient (Wildman–Crippen LogP) is 1.06. The Morgan fingerprint density at radius 2 is 1.82 bits per heavy atom. The molecule has 0 radical (unpaired) electrons. The van der Waals surface area contributed by atoms with Gasteiger partial charge in [-0.2, -0.15) is 10.5 Å². The number of nitrogens with zero attached hydrogens (tertiary/aromatic N) is 4. The van der Waals surface area contributed by atoms with Crippen molar-refractivity contribution in [1.82, 2.24) is 5.01 Å². The first-order valence-electron chi connectivity index (χ1n) is 5.92. The summed E-state index contributed by atoms with van der Waals surface area (Å²) in [5, 5.41) is 19.6. The molecular weight excluding hydrogens is 214 g/mol. The van der Waals surface area contributed by atoms with Gasteiger partial charge in [-0.3, -0.25) is 5.01 Å². The number of nitrogens with two attached hydrogens (primary N) is 1. The molecule has 2 fully saturated rings. The highest BCUT2D eigenvalue weighted by molar-refractivity contribution is 6.05. The average Bonchev–Trinajstić information content (AvgIpc) is 3.17. The molecule has 1 unspecified atom stereocenters. The molecule has 0 saturated heterocycles. The zero-order valence-electron chi connectivity index (χ0n) is 9.43. The molecule has 0 aromatic rings. The Bertz CT molecular complexity index is 496. The van der Waals surface area contributed by atoms with Crippen molar-refractivity contribution in [2.45, 2.75) is 31.7 Å². The second-order valence-corrected chi connectivity index (χ2v) is 4.87. The van der Waals surface area contributed by atoms with Crippen molar-refractivity contribution in [1.29, 1.82) is 10.5 Å². The summed E-state index contributed by atoms with van der Waals surface area (Å²) in [4.78, 5) is 4.40. The Labute approximate surface area is 99.8 Å². The standard InChI is InChI=1S/C12H13N5/c13-5-9-10(6-14)17(15)12(8-3-4-8)11(16-9)7-1-2-7/h7-8,10H,1-4,15H2. The summed E-state index contributed by atoms with van der Waals surface area (Å²) in [6.45, 7) is 0. The van der Waals surface area contributed by atoms with Gasteiger partial charge in [-0.05, 0) is 25.7 Å². The third-order valence-corrected chi connectivity index (χ3v) is 3.48. The lowest BCUT2D eigenvalue weighted by Crippen LogP contribution is -2.47. The van der Waals surface area contributed by atoms with Crippen molar-refractivity contribution < 1.29 is 0 Å². The third-order valence-electron chi connectivity index (χ3n) is 3.48. The number of aliphatic imine (C=N–C) groups is 1. The molecule has 86 valence electrons. The molecule has 0 aromatic carbocycles. The minimum absolute atomic E-state index is 0.237. The van der Waals surface area contributed by atoms with Crippen LogP contribution in [0.25, 0.3) is 0 Å². The fourth-order valence-electron chi connectivity index (χ4n) is 2.29. The molecular formula is C12H13N5. The third kappa shape index (κ3) is 1.60. The van der Waals surface area contributed by atoms with Gasteiger partial charge in [-0.15, -0.1) is 0 Å². The van der Waals surface area contributed by atoms with Crippen LogP contribution in [0.3, 0.4) is 0 Å². The van der Waals surface area contributed by atoms with E-state index in [2.05, 4.69) is 11.1 Å². The maximum Gasteiger partial charge on any atom is 0.183 e. The molecule has 0 spiro atoms. The maximum absolute atomic E-state index is 9.10. The van der Waals surface area contributed by atoms with Gasteiger partial charge in [0.1, 0.15) is 6.07 Å². The summed E-state index contributed by atoms with van der Waals surface area (Å²) in [6, 6.07) is 3.35. The highest BCUT2D eigenvalue weighted by Gasteiger charge is 2.42. The number of hydrazine groups is 1. The summed E-state index contributed by atoms with van der Waals surface area (Å²) in [6.07, 6.45) is 4.49. The first-order valence-corrected chi connectivity index (χ1v) is 5.92. The monoisotopic (exact) mass is 227 g/mol. The molecule has 1 atom stereocenters. The maximum atomic E-state index is 9.10. The highest BCUT2D eigenvalue weighted by atomic mass is 15.4. The number of nitriles is 2. The van der Waals surface area contributed by atoms with Crippen LogP contribution in [0.1, 0.15) is 25.7 Å². The molecule has 0 amide bonds. The molecule has 5 heteroatoms. The molecule has 2 aliphatic carbocycles. The van der Waals surface area contributed by atoms with Crippen LogP contribution in [0.15, 0.2) is 16.4 Å². The van der Waals surface area contributed by atoms with Gasteiger partial charge in [0.15, 0.2) is 11.8 Å². The van der Waals surface area contributed by atoms with Crippen molar-refractivity contribution >= 4 is 5.71 Å². The van der Waals surface area contributed by atoms with E-state index in [4.69, 9.17) is 16.4 Å². The lowest BCUT2D eigenvalue weighted by molar-refractivity contribution is 0.328. The van der Waals surface area contributed by atoms with Crippen molar-refractivity contribution in [3.8, 4) is 12.1 Å². The molecule has 3 rings (SSSR count). The van der Waals surface area contributed by atoms with E-state index >= 15 is 0 Å². The van der Waals surface area contributed by atoms with Gasteiger partial charge in [0.05, 0.1) is 17.5 Å². The van der Waals surface area contributed by atoms with Crippen LogP contribution in [0.2, 0.25) is 0 Å². The minimum atomic E-state index is -0.710. The number of allylic oxidation sites excluding steroid dienone is 2. The smallest absolute Gasteiger partial charge is 0.183 e. The van der Waals surface area contributed by atoms with E-state index in [1.54, 1.807) is 0 Å². The summed E-state index contributed by atoms with van der Waals surface area (Å²) in [7, 11) is 0. The molecule has 2 N–H and O–H groups in total. The van der Waals surface area contributed by atoms with Crippen LogP contribution in [0.5, 0.6) is 0 Å². The summed E-state index contributed by atoms with van der Waals surface area (Å²) in [5.74, 6) is 6.93. The zero-order valence-corrected chi connectivity index (χ0v) is 9.43. The highest BCUT2D eigenvalue weighted by Crippen LogP contribution is 2.47. The van der Waals surface area contributed by atoms with E-state index in [0.29, 0.717) is 11.8 Å². The fraction of sp³-hybridized carbons (Fsp3) is 0.583. The van der Waals surface area contributed by atoms with Gasteiger partial charge in [-0.25, -0.2) is 10.8 Å². The quantitative estimate of drug-likeness (QED) is 0.714. The van der Waals surface area contributed by atoms with Gasteiger partial charge >= 0.3 is 0 Å². The lowest BCUT2D eigenvalue weighted by atomic mass is 10.0. The lowest BCUT2D eigenvalue weighted by Gasteiger charge is -2.31. The summed E-state index contributed by atoms with van der Waals surface area (Å²) < 4.78 is 0. The number of rotatable bonds is 2. The molecule has 1 aliphatic heterocycles. The minimum Gasteiger partial charge on any atom is -0.289 e. The second-order valence-electron chi connectivity index (χ2n) is 4.87. The van der Waals surface area contributed by atoms with E-state index in [9.17, 15) is 0 Å². The Morgan fingerprint density at radius 1 is 1.18 bits per heavy atom. The molecule has 2 saturated carbocycles. The van der Waals surface area contributed by atoms with Crippen LogP contribution < -0.4 is 5.84 Å². The van der Waals surface area contributed by atoms with Crippen LogP contribution in [-0.4, -0.2) is 16.8 Å². The first kappa shape index (κ1) is 10.3. The van der Waals surface area contributed by atoms with E-state index in [-0.39, 0.29) is 5.71 Å². The van der Waals surface area contributed by atoms with E-state index in [1.807, 2.05) is 6.07 Å². The van der Waals surface area contributed by atoms with E-state index in [1.165, 1.54) is 5.01 Å². The van der Waals surface area contributed by atoms with E-state index < -0.39 is 6.04 Å². The van der Waals surface area contributed by atoms with Gasteiger partial charge in [0, 0.05) is 11.8 Å². The SMILES string of the molecule is N#CC1=NC(C2CC2)=C(C2CC2)N(N)C1C#N. The number of hydrogen-bond donors (Lipinski definition) is 1. The topological polar surface area (TPSA) is 89.2 Å². The first-order chi connectivity index (χ1) is 8.26. The Kier molecular flexibility index (Phi) is 2.17. The van der Waals surface area contributed by atoms with Gasteiger partial charge < -0.3 is 0 Å². The van der Waals surface area contributed by atoms with Crippen LogP contribution >= 0.6 is 0 Å². The van der Waals surface area contributed by atoms with Gasteiger partial charge in [0.25, 0.3) is 0 Å². The van der Waals surface area contributed by atoms with Crippen LogP contribution in [0.4, 0.5) is 0 Å². The van der Waals surface area contributed by atoms with Crippen molar-refractivity contribution in [2.24, 2.45) is 22.7 Å². The second kappa shape index (κ2) is 3.58. The number of hydrogen-bond acceptors (Lipinski definition) is 5. The Hall–Kier alpha value is -1.85. The van der Waals surface area contributed by atoms with Crippen LogP contribution in [0, 0.1) is 34.5 Å². The summed E-state index contributed by atoms with van der Waals surface area (Å²) >= 11 is 0. The molecule has 5 nitrogen and oxygen atoms in total. The van der Waals surface area contributed by atoms with Crippen LogP contribution in [-0.2, 0) is 0 Å². The van der Waals surface area contributed by atoms with Crippen molar-refractivity contribution in [2.75, 3.05) is 0 Å². The zero-order chi connectivity index (χ0) is 12.0. The van der Waals surface area contributed by atoms with Crippen molar-refractivity contribution in [3.63, 3.8) is 0 Å². The predicted molar refractivity (Wildman–Crippen MR) is 60.9 cm³/mol. The Balaban J connectivity index is 2.07. The molecule has 0 aromatic heterocycles. The van der Waals surface area contributed by atoms with Gasteiger partial charge in [0.2, 0.25) is 0 Å². The van der Waals surface area contributed by atoms with E-state index in [0.717, 1.165) is 37.1 Å². The van der Waals surface area contributed by atoms with Crippen molar-refractivity contribution in [3.05, 3.63) is 11.4 Å². The molecule has 3 aliphatic rings. The average molecular weight is 227 g/mol. The summed E-state index contributed by atoms with van der Waals surface area (Å²) in [5.41, 5.74) is 2.22. The largest absolute Gasteiger partial charge is 0.289 e. The van der Waals surface area contributed by atoms with Gasteiger partial charge in [-0.1, -0.05) is 0 Å². The normalized spacial score (nSPS) is 28.5. The molecule has 1 heterocycles. The molecule has 0 bridgehead atoms. The Morgan fingerprint density at radius 3 is 2.29 bits per heavy atom. The molecule has 17 heavy (non-hydrogen) atoms. The fourth-order valence-corrected chi connectivity index (χ4v) is 2.29.